The molecule has 0 bridgehead atoms. The number of amides is 3. The van der Waals surface area contributed by atoms with Gasteiger partial charge in [0.25, 0.3) is 5.91 Å². The van der Waals surface area contributed by atoms with Crippen molar-refractivity contribution >= 4 is 40.6 Å². The zero-order valence-electron chi connectivity index (χ0n) is 18.9. The number of nitrogens with one attached hydrogen (secondary N) is 2. The molecular formula is C25H26N4O5S. The molecule has 182 valence electrons. The summed E-state index contributed by atoms with van der Waals surface area (Å²) in [6, 6.07) is 15.2. The van der Waals surface area contributed by atoms with Crippen molar-refractivity contribution in [3.8, 4) is 10.4 Å². The van der Waals surface area contributed by atoms with Gasteiger partial charge in [-0.2, -0.15) is 0 Å². The van der Waals surface area contributed by atoms with Crippen molar-refractivity contribution in [2.45, 2.75) is 12.5 Å². The molecule has 0 radical (unpaired) electrons. The molecule has 1 fully saturated rings. The van der Waals surface area contributed by atoms with Gasteiger partial charge < -0.3 is 31.1 Å². The maximum absolute atomic E-state index is 12.8. The Morgan fingerprint density at radius 1 is 1.09 bits per heavy atom. The highest BCUT2D eigenvalue weighted by Gasteiger charge is 2.27. The van der Waals surface area contributed by atoms with E-state index in [1.807, 2.05) is 29.6 Å². The number of carbonyl (C=O) groups excluding carboxylic acids is 2. The first-order valence-electron chi connectivity index (χ1n) is 11.1. The van der Waals surface area contributed by atoms with Crippen LogP contribution >= 0.6 is 11.3 Å². The molecule has 3 amide bonds. The van der Waals surface area contributed by atoms with Gasteiger partial charge in [0.15, 0.2) is 0 Å². The van der Waals surface area contributed by atoms with E-state index in [1.54, 1.807) is 46.6 Å². The molecule has 0 spiro atoms. The molecule has 5 N–H and O–H groups in total. The Balaban J connectivity index is 1.44. The quantitative estimate of drug-likeness (QED) is 0.373. The van der Waals surface area contributed by atoms with E-state index >= 15 is 0 Å². The van der Waals surface area contributed by atoms with Crippen LogP contribution < -0.4 is 16.4 Å². The number of ether oxygens (including phenoxy) is 1. The number of benzene rings is 2. The Morgan fingerprint density at radius 2 is 1.83 bits per heavy atom. The van der Waals surface area contributed by atoms with Crippen molar-refractivity contribution in [1.82, 2.24) is 10.2 Å². The smallest absolute Gasteiger partial charge is 0.405 e. The lowest BCUT2D eigenvalue weighted by atomic mass is 10.0. The van der Waals surface area contributed by atoms with E-state index in [9.17, 15) is 19.5 Å². The predicted octanol–water partition coefficient (Wildman–Crippen LogP) is 3.29. The summed E-state index contributed by atoms with van der Waals surface area (Å²) in [7, 11) is 0. The summed E-state index contributed by atoms with van der Waals surface area (Å²) in [5.41, 5.74) is 9.14. The van der Waals surface area contributed by atoms with Gasteiger partial charge in [0.05, 0.1) is 24.6 Å². The summed E-state index contributed by atoms with van der Waals surface area (Å²) in [6.45, 7) is 1.70. The molecule has 1 aromatic heterocycles. The number of morpholine rings is 1. The van der Waals surface area contributed by atoms with E-state index in [-0.39, 0.29) is 18.2 Å². The Hall–Kier alpha value is -3.89. The molecule has 0 aliphatic carbocycles. The van der Waals surface area contributed by atoms with E-state index in [1.165, 1.54) is 0 Å². The average Bonchev–Trinajstić information content (AvgIpc) is 3.40. The molecule has 0 unspecified atom stereocenters. The van der Waals surface area contributed by atoms with E-state index < -0.39 is 12.1 Å². The lowest BCUT2D eigenvalue weighted by molar-refractivity contribution is -0.137. The highest BCUT2D eigenvalue weighted by molar-refractivity contribution is 7.13. The number of anilines is 2. The molecule has 2 aromatic carbocycles. The second-order valence-electron chi connectivity index (χ2n) is 8.07. The van der Waals surface area contributed by atoms with Crippen LogP contribution in [0, 0.1) is 0 Å². The normalized spacial score (nSPS) is 14.2. The van der Waals surface area contributed by atoms with Gasteiger partial charge in [0.2, 0.25) is 5.91 Å². The monoisotopic (exact) mass is 494 g/mol. The summed E-state index contributed by atoms with van der Waals surface area (Å²) in [4.78, 5) is 39.6. The fraction of sp³-hybridized carbons (Fsp3) is 0.240. The first-order valence-corrected chi connectivity index (χ1v) is 12.0. The van der Waals surface area contributed by atoms with Crippen LogP contribution in [0.3, 0.4) is 0 Å². The zero-order valence-corrected chi connectivity index (χ0v) is 19.7. The van der Waals surface area contributed by atoms with Crippen molar-refractivity contribution in [2.24, 2.45) is 0 Å². The molecule has 35 heavy (non-hydrogen) atoms. The van der Waals surface area contributed by atoms with Gasteiger partial charge in [-0.15, -0.1) is 11.3 Å². The van der Waals surface area contributed by atoms with Crippen molar-refractivity contribution in [3.05, 3.63) is 71.1 Å². The molecule has 3 aromatic rings. The number of rotatable bonds is 7. The predicted molar refractivity (Wildman–Crippen MR) is 135 cm³/mol. The van der Waals surface area contributed by atoms with Crippen LogP contribution in [-0.2, 0) is 16.0 Å². The zero-order chi connectivity index (χ0) is 24.8. The maximum atomic E-state index is 12.8. The van der Waals surface area contributed by atoms with Crippen LogP contribution in [-0.4, -0.2) is 60.3 Å². The second kappa shape index (κ2) is 11.0. The van der Waals surface area contributed by atoms with Gasteiger partial charge in [-0.3, -0.25) is 9.59 Å². The number of nitrogens with zero attached hydrogens (tertiary/aromatic N) is 1. The summed E-state index contributed by atoms with van der Waals surface area (Å²) in [5, 5.41) is 16.3. The molecule has 1 aliphatic heterocycles. The molecule has 1 atom stereocenters. The SMILES string of the molecule is Nc1ccc(-c2cccs2)cc1NC(=O)c1ccc(C[C@H](NC(=O)O)C(=O)N2CCOCC2)cc1. The minimum Gasteiger partial charge on any atom is -0.465 e. The Kier molecular flexibility index (Phi) is 7.64. The minimum atomic E-state index is -1.27. The standard InChI is InChI=1S/C25H26N4O5S/c26-19-8-7-18(22-2-1-13-35-22)15-20(19)27-23(30)17-5-3-16(4-6-17)14-21(28-25(32)33)24(31)29-9-11-34-12-10-29/h1-8,13,15,21,28H,9-12,14,26H2,(H,27,30)(H,32,33)/t21-/m0/s1. The number of hydrogen-bond donors (Lipinski definition) is 4. The van der Waals surface area contributed by atoms with Gasteiger partial charge in [-0.1, -0.05) is 24.3 Å². The van der Waals surface area contributed by atoms with E-state index in [4.69, 9.17) is 10.5 Å². The number of hydrogen-bond acceptors (Lipinski definition) is 6. The van der Waals surface area contributed by atoms with Crippen LogP contribution in [0.2, 0.25) is 0 Å². The molecular weight excluding hydrogens is 468 g/mol. The Morgan fingerprint density at radius 3 is 2.49 bits per heavy atom. The third kappa shape index (κ3) is 6.17. The lowest BCUT2D eigenvalue weighted by Gasteiger charge is -2.30. The molecule has 10 heteroatoms. The first kappa shape index (κ1) is 24.2. The van der Waals surface area contributed by atoms with Crippen LogP contribution in [0.15, 0.2) is 60.0 Å². The van der Waals surface area contributed by atoms with Crippen molar-refractivity contribution in [2.75, 3.05) is 37.4 Å². The van der Waals surface area contributed by atoms with Gasteiger partial charge in [-0.05, 0) is 46.8 Å². The second-order valence-corrected chi connectivity index (χ2v) is 9.02. The van der Waals surface area contributed by atoms with Crippen molar-refractivity contribution in [1.29, 1.82) is 0 Å². The maximum Gasteiger partial charge on any atom is 0.405 e. The Bertz CT molecular complexity index is 1190. The molecule has 1 aliphatic rings. The number of carboxylic acid groups (broad SMARTS) is 1. The summed E-state index contributed by atoms with van der Waals surface area (Å²) < 4.78 is 5.26. The van der Waals surface area contributed by atoms with E-state index in [0.717, 1.165) is 16.0 Å². The largest absolute Gasteiger partial charge is 0.465 e. The van der Waals surface area contributed by atoms with Crippen molar-refractivity contribution < 1.29 is 24.2 Å². The summed E-state index contributed by atoms with van der Waals surface area (Å²) >= 11 is 1.60. The molecule has 2 heterocycles. The molecule has 1 saturated heterocycles. The third-order valence-electron chi connectivity index (χ3n) is 5.68. The fourth-order valence-corrected chi connectivity index (χ4v) is 4.56. The third-order valence-corrected chi connectivity index (χ3v) is 6.60. The minimum absolute atomic E-state index is 0.167. The first-order chi connectivity index (χ1) is 16.9. The van der Waals surface area contributed by atoms with Crippen molar-refractivity contribution in [3.63, 3.8) is 0 Å². The van der Waals surface area contributed by atoms with Crippen LogP contribution in [0.5, 0.6) is 0 Å². The van der Waals surface area contributed by atoms with Crippen LogP contribution in [0.1, 0.15) is 15.9 Å². The Labute approximate surface area is 206 Å². The van der Waals surface area contributed by atoms with Gasteiger partial charge in [0.1, 0.15) is 6.04 Å². The highest BCUT2D eigenvalue weighted by atomic mass is 32.1. The molecule has 0 saturated carbocycles. The van der Waals surface area contributed by atoms with Gasteiger partial charge >= 0.3 is 6.09 Å². The number of nitrogen functional groups attached to an aromatic ring is 1. The van der Waals surface area contributed by atoms with Crippen LogP contribution in [0.25, 0.3) is 10.4 Å². The number of carbonyl (C=O) groups is 3. The highest BCUT2D eigenvalue weighted by Crippen LogP contribution is 2.30. The van der Waals surface area contributed by atoms with Crippen LogP contribution in [0.4, 0.5) is 16.2 Å². The fourth-order valence-electron chi connectivity index (χ4n) is 3.84. The van der Waals surface area contributed by atoms with E-state index in [2.05, 4.69) is 10.6 Å². The lowest BCUT2D eigenvalue weighted by Crippen LogP contribution is -2.52. The number of nitrogens with two attached hydrogens (primary N) is 1. The van der Waals surface area contributed by atoms with E-state index in [0.29, 0.717) is 43.2 Å². The number of thiophene rings is 1. The topological polar surface area (TPSA) is 134 Å². The molecule has 4 rings (SSSR count). The summed E-state index contributed by atoms with van der Waals surface area (Å²) in [5.74, 6) is -0.616. The van der Waals surface area contributed by atoms with Gasteiger partial charge in [0, 0.05) is 30.0 Å². The average molecular weight is 495 g/mol. The summed E-state index contributed by atoms with van der Waals surface area (Å²) in [6.07, 6.45) is -1.10. The van der Waals surface area contributed by atoms with Gasteiger partial charge in [-0.25, -0.2) is 4.79 Å². The molecule has 9 nitrogen and oxygen atoms in total.